The van der Waals surface area contributed by atoms with Gasteiger partial charge in [-0.15, -0.1) is 0 Å². The predicted molar refractivity (Wildman–Crippen MR) is 90.8 cm³/mol. The molecule has 0 heterocycles. The molecule has 124 valence electrons. The van der Waals surface area contributed by atoms with Crippen molar-refractivity contribution in [3.63, 3.8) is 0 Å². The van der Waals surface area contributed by atoms with Crippen molar-refractivity contribution in [3.8, 4) is 0 Å². The summed E-state index contributed by atoms with van der Waals surface area (Å²) in [5.41, 5.74) is 3.01. The van der Waals surface area contributed by atoms with Crippen LogP contribution in [0.1, 0.15) is 30.4 Å². The van der Waals surface area contributed by atoms with Crippen LogP contribution in [0.3, 0.4) is 0 Å². The molecule has 2 aliphatic carbocycles. The Morgan fingerprint density at radius 1 is 1.04 bits per heavy atom. The van der Waals surface area contributed by atoms with Crippen LogP contribution in [0.4, 0.5) is 0 Å². The van der Waals surface area contributed by atoms with E-state index >= 15 is 0 Å². The van der Waals surface area contributed by atoms with Crippen molar-refractivity contribution in [1.82, 2.24) is 0 Å². The topological polar surface area (TPSA) is 36.9 Å². The highest BCUT2D eigenvalue weighted by Gasteiger charge is 2.46. The Bertz CT molecular complexity index is 613. The van der Waals surface area contributed by atoms with Crippen LogP contribution in [-0.2, 0) is 29.5 Å². The lowest BCUT2D eigenvalue weighted by Gasteiger charge is -2.38. The Morgan fingerprint density at radius 3 is 2.43 bits per heavy atom. The van der Waals surface area contributed by atoms with Crippen molar-refractivity contribution in [1.29, 1.82) is 0 Å². The van der Waals surface area contributed by atoms with Crippen molar-refractivity contribution in [2.45, 2.75) is 31.1 Å². The van der Waals surface area contributed by atoms with Crippen LogP contribution in [0.15, 0.2) is 48.3 Å². The van der Waals surface area contributed by atoms with Gasteiger partial charge in [0.1, 0.15) is 5.76 Å². The van der Waals surface area contributed by atoms with Crippen LogP contribution >= 0.6 is 0 Å². The molecular formula is C18H24O4Si. The molecule has 4 nitrogen and oxygen atoms in total. The molecule has 1 aromatic carbocycles. The molecule has 0 amide bonds. The minimum atomic E-state index is -3.06. The smallest absolute Gasteiger partial charge is 0.480 e. The minimum Gasteiger partial charge on any atom is -0.480 e. The standard InChI is InChI=1S/C18H24O4Si/c1-19-23(20-2,21-3)22-16-10-13-18(14-11-16)12-6-8-15-7-4-5-9-17(15)18/h4-5,7,9-11,13H,6,8,12,14H2,1-3H3/t18-/m1/s1. The first kappa shape index (κ1) is 16.5. The number of benzene rings is 1. The van der Waals surface area contributed by atoms with Gasteiger partial charge in [0.2, 0.25) is 0 Å². The van der Waals surface area contributed by atoms with Gasteiger partial charge in [0, 0.05) is 26.7 Å². The zero-order chi connectivity index (χ0) is 16.3. The fourth-order valence-electron chi connectivity index (χ4n) is 3.59. The van der Waals surface area contributed by atoms with Gasteiger partial charge in [-0.2, -0.15) is 0 Å². The normalized spacial score (nSPS) is 23.5. The second-order valence-corrected chi connectivity index (χ2v) is 8.45. The third kappa shape index (κ3) is 3.02. The van der Waals surface area contributed by atoms with E-state index in [0.717, 1.165) is 12.2 Å². The molecule has 1 atom stereocenters. The molecule has 2 aliphatic rings. The largest absolute Gasteiger partial charge is 0.748 e. The quantitative estimate of drug-likeness (QED) is 0.774. The number of fused-ring (bicyclic) bond motifs is 2. The van der Waals surface area contributed by atoms with Crippen LogP contribution in [0.25, 0.3) is 0 Å². The summed E-state index contributed by atoms with van der Waals surface area (Å²) in [6, 6.07) is 8.77. The second-order valence-electron chi connectivity index (χ2n) is 6.03. The predicted octanol–water partition coefficient (Wildman–Crippen LogP) is 3.50. The van der Waals surface area contributed by atoms with E-state index in [1.54, 1.807) is 21.3 Å². The second kappa shape index (κ2) is 6.61. The fourth-order valence-corrected chi connectivity index (χ4v) is 4.78. The Hall–Kier alpha value is -1.40. The third-order valence-corrected chi connectivity index (χ3v) is 6.84. The molecule has 0 N–H and O–H groups in total. The van der Waals surface area contributed by atoms with Gasteiger partial charge in [-0.25, -0.2) is 0 Å². The first-order chi connectivity index (χ1) is 11.2. The summed E-state index contributed by atoms with van der Waals surface area (Å²) in [4.78, 5) is 0. The summed E-state index contributed by atoms with van der Waals surface area (Å²) in [5, 5.41) is 0. The maximum atomic E-state index is 5.90. The number of rotatable bonds is 5. The van der Waals surface area contributed by atoms with Crippen molar-refractivity contribution >= 4 is 9.05 Å². The summed E-state index contributed by atoms with van der Waals surface area (Å²) < 4.78 is 21.9. The molecular weight excluding hydrogens is 308 g/mol. The Morgan fingerprint density at radius 2 is 1.78 bits per heavy atom. The van der Waals surface area contributed by atoms with E-state index in [2.05, 4.69) is 36.4 Å². The number of aryl methyl sites for hydroxylation is 1. The maximum absolute atomic E-state index is 5.90. The maximum Gasteiger partial charge on any atom is 0.748 e. The molecule has 1 aromatic rings. The van der Waals surface area contributed by atoms with Crippen LogP contribution in [0.5, 0.6) is 0 Å². The van der Waals surface area contributed by atoms with Crippen LogP contribution in [0.2, 0.25) is 0 Å². The van der Waals surface area contributed by atoms with Gasteiger partial charge in [0.25, 0.3) is 0 Å². The molecule has 0 radical (unpaired) electrons. The Balaban J connectivity index is 1.81. The van der Waals surface area contributed by atoms with E-state index in [4.69, 9.17) is 17.7 Å². The summed E-state index contributed by atoms with van der Waals surface area (Å²) >= 11 is 0. The number of allylic oxidation sites excluding steroid dienone is 3. The monoisotopic (exact) mass is 332 g/mol. The first-order valence-electron chi connectivity index (χ1n) is 7.99. The van der Waals surface area contributed by atoms with Gasteiger partial charge >= 0.3 is 9.05 Å². The summed E-state index contributed by atoms with van der Waals surface area (Å²) in [5.74, 6) is 0.760. The van der Waals surface area contributed by atoms with Crippen LogP contribution < -0.4 is 0 Å². The van der Waals surface area contributed by atoms with E-state index in [1.165, 1.54) is 30.4 Å². The highest BCUT2D eigenvalue weighted by atomic mass is 28.4. The Labute approximate surface area is 139 Å². The highest BCUT2D eigenvalue weighted by molar-refractivity contribution is 6.53. The molecule has 0 bridgehead atoms. The first-order valence-corrected chi connectivity index (χ1v) is 9.62. The average molecular weight is 332 g/mol. The molecule has 5 heteroatoms. The molecule has 23 heavy (non-hydrogen) atoms. The highest BCUT2D eigenvalue weighted by Crippen LogP contribution is 2.43. The Kier molecular flexibility index (Phi) is 4.73. The van der Waals surface area contributed by atoms with E-state index in [9.17, 15) is 0 Å². The van der Waals surface area contributed by atoms with Crippen LogP contribution in [-0.4, -0.2) is 30.4 Å². The molecule has 0 aromatic heterocycles. The zero-order valence-corrected chi connectivity index (χ0v) is 15.0. The number of hydrogen-bond acceptors (Lipinski definition) is 4. The molecule has 0 unspecified atom stereocenters. The van der Waals surface area contributed by atoms with Gasteiger partial charge in [-0.3, -0.25) is 0 Å². The van der Waals surface area contributed by atoms with Gasteiger partial charge in [-0.1, -0.05) is 30.3 Å². The SMILES string of the molecule is CO[Si](OC)(OC)OC1=CC[C@]2(C=C1)CCCc1ccccc12. The van der Waals surface area contributed by atoms with Gasteiger partial charge in [0.05, 0.1) is 0 Å². The minimum absolute atomic E-state index is 0.0964. The van der Waals surface area contributed by atoms with E-state index in [-0.39, 0.29) is 5.41 Å². The summed E-state index contributed by atoms with van der Waals surface area (Å²) in [7, 11) is 1.58. The van der Waals surface area contributed by atoms with E-state index < -0.39 is 9.05 Å². The lowest BCUT2D eigenvalue weighted by Crippen LogP contribution is -2.46. The van der Waals surface area contributed by atoms with Crippen molar-refractivity contribution in [3.05, 3.63) is 59.4 Å². The molecule has 0 fully saturated rings. The van der Waals surface area contributed by atoms with E-state index in [1.807, 2.05) is 6.08 Å². The fraction of sp³-hybridized carbons (Fsp3) is 0.444. The lowest BCUT2D eigenvalue weighted by molar-refractivity contribution is 0.0291. The molecule has 0 saturated heterocycles. The van der Waals surface area contributed by atoms with Crippen LogP contribution in [0, 0.1) is 0 Å². The van der Waals surface area contributed by atoms with Crippen molar-refractivity contribution in [2.75, 3.05) is 21.3 Å². The molecule has 3 rings (SSSR count). The summed E-state index contributed by atoms with van der Waals surface area (Å²) in [6.07, 6.45) is 10.9. The summed E-state index contributed by atoms with van der Waals surface area (Å²) in [6.45, 7) is 0. The number of hydrogen-bond donors (Lipinski definition) is 0. The van der Waals surface area contributed by atoms with Gasteiger partial charge in [0.15, 0.2) is 0 Å². The lowest BCUT2D eigenvalue weighted by atomic mass is 9.67. The van der Waals surface area contributed by atoms with Crippen molar-refractivity contribution in [2.24, 2.45) is 0 Å². The van der Waals surface area contributed by atoms with E-state index in [0.29, 0.717) is 0 Å². The molecule has 0 saturated carbocycles. The average Bonchev–Trinajstić information content (AvgIpc) is 2.62. The molecule has 1 spiro atoms. The van der Waals surface area contributed by atoms with Gasteiger partial charge < -0.3 is 17.7 Å². The third-order valence-electron chi connectivity index (χ3n) is 4.85. The zero-order valence-electron chi connectivity index (χ0n) is 14.0. The van der Waals surface area contributed by atoms with Gasteiger partial charge in [-0.05, 0) is 49.0 Å². The molecule has 0 aliphatic heterocycles. The van der Waals surface area contributed by atoms with Crippen molar-refractivity contribution < 1.29 is 17.7 Å².